The Morgan fingerprint density at radius 1 is 1.19 bits per heavy atom. The SMILES string of the molecule is CC(F)(F)CCCS(=O)CCC[C@@H]1Cc2cc(OP(=O)(O)O)ccc2[C@H]2CC[C@]3(C)[C@@H](O)CC[C@H]3[C@H]12. The van der Waals surface area contributed by atoms with Gasteiger partial charge in [0.05, 0.1) is 6.10 Å². The standard InChI is InChI=1S/C26H39F2O6PS/c1-25-12-10-21-20-7-6-19(34-35(30,31)32)16-18(20)15-17(24(21)22(25)8-9-23(25)29)5-3-13-36(33)14-4-11-26(2,27)28/h6-7,16-17,21-24,29H,3-5,8-15H2,1-2H3,(H2,30,31,32)/t17-,21-,22+,23+,24-,25+,36?/m1/s1. The van der Waals surface area contributed by atoms with Crippen LogP contribution in [0.5, 0.6) is 5.75 Å². The predicted octanol–water partition coefficient (Wildman–Crippen LogP) is 5.57. The van der Waals surface area contributed by atoms with E-state index in [1.54, 1.807) is 12.1 Å². The minimum Gasteiger partial charge on any atom is -0.404 e. The van der Waals surface area contributed by atoms with Crippen LogP contribution in [0.25, 0.3) is 0 Å². The fraction of sp³-hybridized carbons (Fsp3) is 0.769. The summed E-state index contributed by atoms with van der Waals surface area (Å²) >= 11 is 0. The Morgan fingerprint density at radius 2 is 1.92 bits per heavy atom. The molecule has 7 atom stereocenters. The van der Waals surface area contributed by atoms with Crippen molar-refractivity contribution in [3.63, 3.8) is 0 Å². The average molecular weight is 549 g/mol. The van der Waals surface area contributed by atoms with E-state index in [4.69, 9.17) is 4.52 Å². The minimum atomic E-state index is -4.66. The van der Waals surface area contributed by atoms with Crippen LogP contribution in [0, 0.1) is 23.2 Å². The number of hydrogen-bond donors (Lipinski definition) is 3. The molecule has 0 aromatic heterocycles. The second kappa shape index (κ2) is 10.7. The van der Waals surface area contributed by atoms with Crippen LogP contribution in [-0.2, 0) is 21.8 Å². The van der Waals surface area contributed by atoms with E-state index in [0.29, 0.717) is 35.2 Å². The Hall–Kier alpha value is -0.860. The number of aliphatic hydroxyl groups is 1. The van der Waals surface area contributed by atoms with Crippen molar-refractivity contribution in [2.45, 2.75) is 89.6 Å². The summed E-state index contributed by atoms with van der Waals surface area (Å²) < 4.78 is 54.8. The largest absolute Gasteiger partial charge is 0.524 e. The second-order valence-electron chi connectivity index (χ2n) is 11.5. The lowest BCUT2D eigenvalue weighted by atomic mass is 9.52. The summed E-state index contributed by atoms with van der Waals surface area (Å²) in [6, 6.07) is 5.33. The van der Waals surface area contributed by atoms with Gasteiger partial charge in [-0.05, 0) is 111 Å². The van der Waals surface area contributed by atoms with Crippen LogP contribution in [0.1, 0.15) is 82.3 Å². The van der Waals surface area contributed by atoms with Gasteiger partial charge in [-0.2, -0.15) is 0 Å². The van der Waals surface area contributed by atoms with Crippen LogP contribution in [-0.4, -0.2) is 42.6 Å². The van der Waals surface area contributed by atoms with Gasteiger partial charge in [-0.1, -0.05) is 13.0 Å². The van der Waals surface area contributed by atoms with Gasteiger partial charge in [0.15, 0.2) is 0 Å². The van der Waals surface area contributed by atoms with Gasteiger partial charge in [0.1, 0.15) is 5.75 Å². The molecule has 2 saturated carbocycles. The third-order valence-electron chi connectivity index (χ3n) is 8.98. The molecule has 10 heteroatoms. The normalized spacial score (nSPS) is 32.9. The van der Waals surface area contributed by atoms with Crippen molar-refractivity contribution in [2.24, 2.45) is 23.2 Å². The highest BCUT2D eigenvalue weighted by Gasteiger charge is 2.56. The molecule has 0 saturated heterocycles. The van der Waals surface area contributed by atoms with E-state index in [9.17, 15) is 32.4 Å². The Kier molecular flexibility index (Phi) is 8.38. The molecule has 0 spiro atoms. The van der Waals surface area contributed by atoms with Gasteiger partial charge in [-0.3, -0.25) is 14.0 Å². The number of rotatable bonds is 10. The number of aliphatic hydroxyl groups excluding tert-OH is 1. The van der Waals surface area contributed by atoms with Crippen molar-refractivity contribution in [2.75, 3.05) is 11.5 Å². The number of phosphoric acid groups is 1. The first-order chi connectivity index (χ1) is 16.8. The minimum absolute atomic E-state index is 0.103. The van der Waals surface area contributed by atoms with Gasteiger partial charge in [0.25, 0.3) is 0 Å². The van der Waals surface area contributed by atoms with Crippen LogP contribution in [0.15, 0.2) is 18.2 Å². The van der Waals surface area contributed by atoms with E-state index in [0.717, 1.165) is 57.4 Å². The molecule has 0 radical (unpaired) electrons. The van der Waals surface area contributed by atoms with Crippen LogP contribution in [0.2, 0.25) is 0 Å². The Bertz CT molecular complexity index is 1010. The van der Waals surface area contributed by atoms with Gasteiger partial charge < -0.3 is 9.63 Å². The van der Waals surface area contributed by atoms with Crippen LogP contribution in [0.4, 0.5) is 8.78 Å². The number of benzene rings is 1. The Balaban J connectivity index is 1.50. The molecule has 4 rings (SSSR count). The molecule has 3 aliphatic carbocycles. The summed E-state index contributed by atoms with van der Waals surface area (Å²) in [5, 5.41) is 10.8. The maximum atomic E-state index is 13.1. The summed E-state index contributed by atoms with van der Waals surface area (Å²) in [7, 11) is -5.78. The summed E-state index contributed by atoms with van der Waals surface area (Å²) in [4.78, 5) is 18.5. The second-order valence-corrected chi connectivity index (χ2v) is 14.4. The molecule has 0 aliphatic heterocycles. The van der Waals surface area contributed by atoms with Crippen molar-refractivity contribution in [3.8, 4) is 5.75 Å². The van der Waals surface area contributed by atoms with Crippen molar-refractivity contribution in [1.29, 1.82) is 0 Å². The van der Waals surface area contributed by atoms with Crippen LogP contribution >= 0.6 is 7.82 Å². The van der Waals surface area contributed by atoms with E-state index in [1.165, 1.54) is 5.56 Å². The molecular weight excluding hydrogens is 509 g/mol. The predicted molar refractivity (Wildman–Crippen MR) is 136 cm³/mol. The molecule has 36 heavy (non-hydrogen) atoms. The molecule has 6 nitrogen and oxygen atoms in total. The molecule has 3 aliphatic rings. The first kappa shape index (κ1) is 28.2. The van der Waals surface area contributed by atoms with Gasteiger partial charge in [-0.15, -0.1) is 0 Å². The first-order valence-electron chi connectivity index (χ1n) is 13.1. The highest BCUT2D eigenvalue weighted by atomic mass is 32.2. The summed E-state index contributed by atoms with van der Waals surface area (Å²) in [5.41, 5.74) is 2.15. The number of hydrogen-bond acceptors (Lipinski definition) is 4. The molecule has 0 heterocycles. The summed E-state index contributed by atoms with van der Waals surface area (Å²) in [5.74, 6) is -0.410. The van der Waals surface area contributed by atoms with E-state index in [-0.39, 0.29) is 30.1 Å². The zero-order valence-corrected chi connectivity index (χ0v) is 22.8. The fourth-order valence-electron chi connectivity index (χ4n) is 7.37. The van der Waals surface area contributed by atoms with Gasteiger partial charge in [-0.25, -0.2) is 13.3 Å². The Labute approximate surface area is 214 Å². The quantitative estimate of drug-likeness (QED) is 0.331. The molecule has 1 aromatic rings. The lowest BCUT2D eigenvalue weighted by Gasteiger charge is -2.53. The molecule has 2 fully saturated rings. The molecule has 204 valence electrons. The van der Waals surface area contributed by atoms with E-state index in [2.05, 4.69) is 6.92 Å². The maximum Gasteiger partial charge on any atom is 0.524 e. The smallest absolute Gasteiger partial charge is 0.404 e. The molecule has 0 bridgehead atoms. The fourth-order valence-corrected chi connectivity index (χ4v) is 8.91. The van der Waals surface area contributed by atoms with E-state index < -0.39 is 24.5 Å². The molecule has 3 N–H and O–H groups in total. The van der Waals surface area contributed by atoms with Crippen molar-refractivity contribution >= 4 is 18.6 Å². The average Bonchev–Trinajstić information content (AvgIpc) is 3.06. The highest BCUT2D eigenvalue weighted by Crippen LogP contribution is 2.62. The zero-order valence-electron chi connectivity index (χ0n) is 21.1. The summed E-state index contributed by atoms with van der Waals surface area (Å²) in [6.45, 7) is 3.11. The van der Waals surface area contributed by atoms with Gasteiger partial charge in [0.2, 0.25) is 5.92 Å². The molecule has 1 unspecified atom stereocenters. The molecule has 1 aromatic carbocycles. The number of halogens is 2. The van der Waals surface area contributed by atoms with Gasteiger partial charge in [0, 0.05) is 28.7 Å². The number of alkyl halides is 2. The molecule has 0 amide bonds. The summed E-state index contributed by atoms with van der Waals surface area (Å²) in [6.07, 6.45) is 5.73. The maximum absolute atomic E-state index is 13.1. The third-order valence-corrected chi connectivity index (χ3v) is 10.9. The van der Waals surface area contributed by atoms with Crippen LogP contribution in [0.3, 0.4) is 0 Å². The van der Waals surface area contributed by atoms with E-state index in [1.807, 2.05) is 6.07 Å². The van der Waals surface area contributed by atoms with Gasteiger partial charge >= 0.3 is 7.82 Å². The van der Waals surface area contributed by atoms with Crippen molar-refractivity contribution in [1.82, 2.24) is 0 Å². The van der Waals surface area contributed by atoms with Crippen molar-refractivity contribution in [3.05, 3.63) is 29.3 Å². The Morgan fingerprint density at radius 3 is 2.61 bits per heavy atom. The van der Waals surface area contributed by atoms with Crippen LogP contribution < -0.4 is 4.52 Å². The number of phosphoric ester groups is 1. The molecular formula is C26H39F2O6PS. The van der Waals surface area contributed by atoms with Crippen molar-refractivity contribution < 1.29 is 37.0 Å². The number of fused-ring (bicyclic) bond motifs is 5. The van der Waals surface area contributed by atoms with E-state index >= 15 is 0 Å². The monoisotopic (exact) mass is 548 g/mol. The lowest BCUT2D eigenvalue weighted by molar-refractivity contribution is -0.0393. The third kappa shape index (κ3) is 6.40. The highest BCUT2D eigenvalue weighted by molar-refractivity contribution is 7.84. The topological polar surface area (TPSA) is 104 Å². The lowest BCUT2D eigenvalue weighted by Crippen LogP contribution is -2.47. The first-order valence-corrected chi connectivity index (χ1v) is 16.1. The zero-order chi connectivity index (χ0) is 26.3.